The minimum absolute atomic E-state index is 0.0271. The highest BCUT2D eigenvalue weighted by atomic mass is 32.2. The number of aromatic amines is 1. The normalized spacial score (nSPS) is 27.4. The van der Waals surface area contributed by atoms with Crippen molar-refractivity contribution in [2.45, 2.75) is 36.8 Å². The van der Waals surface area contributed by atoms with E-state index in [9.17, 15) is 13.2 Å². The summed E-state index contributed by atoms with van der Waals surface area (Å²) in [6, 6.07) is 1.51. The molecule has 4 nitrogen and oxygen atoms in total. The van der Waals surface area contributed by atoms with E-state index in [1.165, 1.54) is 17.3 Å². The molecule has 24 heavy (non-hydrogen) atoms. The molecule has 1 aromatic carbocycles. The molecule has 0 saturated carbocycles. The van der Waals surface area contributed by atoms with Crippen LogP contribution in [0.2, 0.25) is 0 Å². The molecule has 3 unspecified atom stereocenters. The molecule has 2 aliphatic rings. The lowest BCUT2D eigenvalue weighted by Crippen LogP contribution is -2.44. The molecule has 1 aromatic heterocycles. The van der Waals surface area contributed by atoms with Gasteiger partial charge in [0.15, 0.2) is 11.6 Å². The molecule has 2 aromatic rings. The first-order valence-corrected chi connectivity index (χ1v) is 8.84. The summed E-state index contributed by atoms with van der Waals surface area (Å²) in [6.07, 6.45) is 2.49. The van der Waals surface area contributed by atoms with Crippen LogP contribution in [0.4, 0.5) is 13.2 Å². The zero-order chi connectivity index (χ0) is 16.8. The first-order valence-electron chi connectivity index (χ1n) is 7.79. The Hall–Kier alpha value is -1.51. The fraction of sp³-hybridized carbons (Fsp3) is 0.438. The van der Waals surface area contributed by atoms with Gasteiger partial charge in [-0.25, -0.2) is 13.2 Å². The topological polar surface area (TPSA) is 57.9 Å². The second-order valence-electron chi connectivity index (χ2n) is 6.38. The molecule has 3 N–H and O–H groups in total. The Morgan fingerprint density at radius 3 is 2.83 bits per heavy atom. The maximum Gasteiger partial charge on any atom is 0.163 e. The molecule has 0 amide bonds. The second-order valence-corrected chi connectivity index (χ2v) is 7.55. The van der Waals surface area contributed by atoms with Gasteiger partial charge in [0, 0.05) is 53.4 Å². The summed E-state index contributed by atoms with van der Waals surface area (Å²) in [7, 11) is 0. The van der Waals surface area contributed by atoms with Crippen LogP contribution in [-0.4, -0.2) is 32.9 Å². The Balaban J connectivity index is 1.48. The average molecular weight is 354 g/mol. The van der Waals surface area contributed by atoms with E-state index in [0.29, 0.717) is 12.5 Å². The Kier molecular flexibility index (Phi) is 4.06. The van der Waals surface area contributed by atoms with Gasteiger partial charge in [-0.2, -0.15) is 16.9 Å². The molecule has 0 bridgehead atoms. The van der Waals surface area contributed by atoms with E-state index in [0.717, 1.165) is 30.6 Å². The van der Waals surface area contributed by atoms with Crippen molar-refractivity contribution in [1.29, 1.82) is 0 Å². The van der Waals surface area contributed by atoms with Crippen LogP contribution in [0.5, 0.6) is 0 Å². The van der Waals surface area contributed by atoms with Gasteiger partial charge in [-0.1, -0.05) is 0 Å². The first-order chi connectivity index (χ1) is 11.5. The number of aromatic nitrogens is 2. The predicted molar refractivity (Wildman–Crippen MR) is 85.7 cm³/mol. The van der Waals surface area contributed by atoms with Crippen LogP contribution in [-0.2, 0) is 13.1 Å². The van der Waals surface area contributed by atoms with Gasteiger partial charge in [-0.15, -0.1) is 0 Å². The van der Waals surface area contributed by atoms with Crippen LogP contribution in [0.15, 0.2) is 18.3 Å². The summed E-state index contributed by atoms with van der Waals surface area (Å²) in [4.78, 5) is 2.31. The van der Waals surface area contributed by atoms with Gasteiger partial charge < -0.3 is 5.73 Å². The van der Waals surface area contributed by atoms with Gasteiger partial charge in [0.05, 0.1) is 11.9 Å². The first kappa shape index (κ1) is 16.0. The number of nitrogens with two attached hydrogens (primary N) is 1. The molecule has 4 rings (SSSR count). The van der Waals surface area contributed by atoms with Crippen LogP contribution in [0.25, 0.3) is 0 Å². The summed E-state index contributed by atoms with van der Waals surface area (Å²) >= 11 is 1.47. The number of nitrogens with zero attached hydrogens (tertiary/aromatic N) is 2. The summed E-state index contributed by atoms with van der Waals surface area (Å²) in [5.41, 5.74) is 8.57. The van der Waals surface area contributed by atoms with E-state index in [-0.39, 0.29) is 17.6 Å². The predicted octanol–water partition coefficient (Wildman–Crippen LogP) is 2.72. The van der Waals surface area contributed by atoms with Crippen molar-refractivity contribution in [1.82, 2.24) is 15.1 Å². The molecule has 0 aliphatic carbocycles. The Morgan fingerprint density at radius 1 is 1.25 bits per heavy atom. The zero-order valence-corrected chi connectivity index (χ0v) is 13.6. The summed E-state index contributed by atoms with van der Waals surface area (Å²) in [6.45, 7) is 1.61. The number of fused-ring (bicyclic) bond motifs is 1. The van der Waals surface area contributed by atoms with Crippen molar-refractivity contribution < 1.29 is 13.2 Å². The third-order valence-corrected chi connectivity index (χ3v) is 6.33. The summed E-state index contributed by atoms with van der Waals surface area (Å²) in [5, 5.41) is 6.58. The molecular formula is C16H17F3N4S. The smallest absolute Gasteiger partial charge is 0.163 e. The van der Waals surface area contributed by atoms with Gasteiger partial charge in [0.25, 0.3) is 0 Å². The number of thioether (sulfide) groups is 1. The van der Waals surface area contributed by atoms with E-state index in [2.05, 4.69) is 15.1 Å². The third kappa shape index (κ3) is 2.72. The highest BCUT2D eigenvalue weighted by Crippen LogP contribution is 2.42. The van der Waals surface area contributed by atoms with Gasteiger partial charge in [-0.3, -0.25) is 10.00 Å². The van der Waals surface area contributed by atoms with E-state index in [1.54, 1.807) is 0 Å². The number of benzene rings is 1. The molecule has 0 spiro atoms. The van der Waals surface area contributed by atoms with Crippen molar-refractivity contribution in [3.63, 3.8) is 0 Å². The lowest BCUT2D eigenvalue weighted by atomic mass is 9.98. The fourth-order valence-electron chi connectivity index (χ4n) is 3.55. The van der Waals surface area contributed by atoms with Crippen LogP contribution in [0.3, 0.4) is 0 Å². The molecule has 3 heterocycles. The molecule has 1 fully saturated rings. The van der Waals surface area contributed by atoms with Crippen LogP contribution >= 0.6 is 11.8 Å². The van der Waals surface area contributed by atoms with Gasteiger partial charge in [-0.05, 0) is 12.5 Å². The third-order valence-electron chi connectivity index (χ3n) is 4.79. The number of halogens is 3. The minimum atomic E-state index is -1.16. The minimum Gasteiger partial charge on any atom is -0.326 e. The Labute approximate surface area is 141 Å². The van der Waals surface area contributed by atoms with Crippen LogP contribution in [0, 0.1) is 17.5 Å². The lowest BCUT2D eigenvalue weighted by Gasteiger charge is -2.38. The number of H-pyrrole nitrogens is 1. The molecule has 2 aliphatic heterocycles. The SMILES string of the molecule is NC1CC(N2Cc3cn[nH]c3C2)CSC1c1cc(F)cc(F)c1F. The number of hydrogen-bond acceptors (Lipinski definition) is 4. The quantitative estimate of drug-likeness (QED) is 0.815. The van der Waals surface area contributed by atoms with Gasteiger partial charge in [0.1, 0.15) is 5.82 Å². The second kappa shape index (κ2) is 6.09. The van der Waals surface area contributed by atoms with Gasteiger partial charge >= 0.3 is 0 Å². The van der Waals surface area contributed by atoms with E-state index in [1.807, 2.05) is 6.20 Å². The summed E-state index contributed by atoms with van der Waals surface area (Å²) in [5.74, 6) is -2.19. The fourth-order valence-corrected chi connectivity index (χ4v) is 5.03. The molecule has 8 heteroatoms. The van der Waals surface area contributed by atoms with Crippen molar-refractivity contribution in [2.75, 3.05) is 5.75 Å². The van der Waals surface area contributed by atoms with Crippen molar-refractivity contribution >= 4 is 11.8 Å². The largest absolute Gasteiger partial charge is 0.326 e. The van der Waals surface area contributed by atoms with Crippen molar-refractivity contribution in [3.8, 4) is 0 Å². The monoisotopic (exact) mass is 354 g/mol. The van der Waals surface area contributed by atoms with E-state index in [4.69, 9.17) is 5.73 Å². The number of nitrogens with one attached hydrogen (secondary N) is 1. The van der Waals surface area contributed by atoms with Gasteiger partial charge in [0.2, 0.25) is 0 Å². The highest BCUT2D eigenvalue weighted by Gasteiger charge is 2.36. The number of hydrogen-bond donors (Lipinski definition) is 2. The van der Waals surface area contributed by atoms with E-state index >= 15 is 0 Å². The maximum absolute atomic E-state index is 14.0. The van der Waals surface area contributed by atoms with Crippen molar-refractivity contribution in [3.05, 3.63) is 52.6 Å². The molecule has 0 radical (unpaired) electrons. The zero-order valence-electron chi connectivity index (χ0n) is 12.8. The molecule has 1 saturated heterocycles. The van der Waals surface area contributed by atoms with Crippen LogP contribution in [0.1, 0.15) is 28.5 Å². The van der Waals surface area contributed by atoms with Crippen LogP contribution < -0.4 is 5.73 Å². The summed E-state index contributed by atoms with van der Waals surface area (Å²) < 4.78 is 41.0. The van der Waals surface area contributed by atoms with Crippen molar-refractivity contribution in [2.24, 2.45) is 5.73 Å². The standard InChI is InChI=1S/C16H17F3N4S/c17-9-1-11(15(19)12(18)2-9)16-13(20)3-10(7-24-16)23-5-8-4-21-22-14(8)6-23/h1-2,4,10,13,16H,3,5-7,20H2,(H,21,22). The lowest BCUT2D eigenvalue weighted by molar-refractivity contribution is 0.190. The number of rotatable bonds is 2. The molecule has 128 valence electrons. The van der Waals surface area contributed by atoms with E-state index < -0.39 is 22.7 Å². The molecular weight excluding hydrogens is 337 g/mol. The Bertz CT molecular complexity index is 745. The highest BCUT2D eigenvalue weighted by molar-refractivity contribution is 7.99. The molecule has 3 atom stereocenters. The maximum atomic E-state index is 14.0. The average Bonchev–Trinajstić information content (AvgIpc) is 3.12. The Morgan fingerprint density at radius 2 is 2.08 bits per heavy atom.